The molecule has 0 spiro atoms. The monoisotopic (exact) mass is 395 g/mol. The number of amides is 2. The molecule has 0 bridgehead atoms. The van der Waals surface area contributed by atoms with E-state index in [2.05, 4.69) is 32.4 Å². The number of thioether (sulfide) groups is 1. The molecular weight excluding hydrogens is 370 g/mol. The lowest BCUT2D eigenvalue weighted by Gasteiger charge is -2.20. The van der Waals surface area contributed by atoms with Crippen molar-refractivity contribution in [1.29, 1.82) is 0 Å². The van der Waals surface area contributed by atoms with Crippen LogP contribution in [0.1, 0.15) is 38.3 Å². The first kappa shape index (κ1) is 19.2. The number of nitrogens with one attached hydrogen (secondary N) is 2. The topological polar surface area (TPSA) is 83.3 Å². The van der Waals surface area contributed by atoms with E-state index in [4.69, 9.17) is 4.42 Å². The van der Waals surface area contributed by atoms with Crippen molar-refractivity contribution in [2.45, 2.75) is 49.1 Å². The van der Waals surface area contributed by atoms with Crippen molar-refractivity contribution >= 4 is 34.3 Å². The fraction of sp³-hybridized carbons (Fsp3) is 0.588. The molecule has 1 atom stereocenters. The fourth-order valence-electron chi connectivity index (χ4n) is 2.87. The summed E-state index contributed by atoms with van der Waals surface area (Å²) in [5.74, 6) is 2.26. The quantitative estimate of drug-likeness (QED) is 0.665. The van der Waals surface area contributed by atoms with E-state index >= 15 is 0 Å². The average molecular weight is 396 g/mol. The van der Waals surface area contributed by atoms with E-state index in [1.807, 2.05) is 6.92 Å². The maximum absolute atomic E-state index is 12.0. The predicted molar refractivity (Wildman–Crippen MR) is 105 cm³/mol. The molecular formula is C17H25N5O2S2. The minimum Gasteiger partial charge on any atom is -0.445 e. The van der Waals surface area contributed by atoms with Gasteiger partial charge in [0, 0.05) is 25.6 Å². The normalized spacial score (nSPS) is 17.5. The summed E-state index contributed by atoms with van der Waals surface area (Å²) in [5.41, 5.74) is 0. The number of hydrogen-bond donors (Lipinski definition) is 2. The predicted octanol–water partition coefficient (Wildman–Crippen LogP) is 3.59. The van der Waals surface area contributed by atoms with Crippen molar-refractivity contribution < 1.29 is 9.21 Å². The molecule has 3 heterocycles. The fourth-order valence-corrected chi connectivity index (χ4v) is 4.60. The molecule has 0 radical (unpaired) electrons. The molecule has 3 rings (SSSR count). The van der Waals surface area contributed by atoms with Gasteiger partial charge in [0.1, 0.15) is 5.76 Å². The van der Waals surface area contributed by atoms with Gasteiger partial charge in [0.05, 0.1) is 22.4 Å². The van der Waals surface area contributed by atoms with Gasteiger partial charge in [-0.05, 0) is 26.3 Å². The molecule has 7 nitrogen and oxygen atoms in total. The Bertz CT molecular complexity index is 718. The highest BCUT2D eigenvalue weighted by molar-refractivity contribution is 8.00. The Labute approximate surface area is 162 Å². The molecule has 1 aliphatic rings. The van der Waals surface area contributed by atoms with Crippen molar-refractivity contribution in [2.24, 2.45) is 0 Å². The number of nitrogens with zero attached hydrogens (tertiary/aromatic N) is 3. The van der Waals surface area contributed by atoms with Crippen LogP contribution in [0.15, 0.2) is 21.0 Å². The van der Waals surface area contributed by atoms with Gasteiger partial charge in [-0.3, -0.25) is 10.2 Å². The molecule has 0 aliphatic carbocycles. The second kappa shape index (κ2) is 9.38. The molecule has 1 fully saturated rings. The van der Waals surface area contributed by atoms with Crippen LogP contribution in [0.3, 0.4) is 0 Å². The summed E-state index contributed by atoms with van der Waals surface area (Å²) in [5, 5.41) is 6.29. The van der Waals surface area contributed by atoms with Crippen molar-refractivity contribution in [2.75, 3.05) is 25.0 Å². The first-order chi connectivity index (χ1) is 12.6. The van der Waals surface area contributed by atoms with Crippen molar-refractivity contribution in [3.8, 4) is 0 Å². The number of hydrogen-bond acceptors (Lipinski definition) is 7. The Hall–Kier alpha value is -1.58. The second-order valence-corrected chi connectivity index (χ2v) is 8.56. The van der Waals surface area contributed by atoms with Crippen LogP contribution < -0.4 is 10.6 Å². The van der Waals surface area contributed by atoms with Gasteiger partial charge in [-0.25, -0.2) is 14.8 Å². The Morgan fingerprint density at radius 1 is 1.46 bits per heavy atom. The second-order valence-electron chi connectivity index (χ2n) is 6.26. The van der Waals surface area contributed by atoms with Crippen LogP contribution in [0.25, 0.3) is 0 Å². The van der Waals surface area contributed by atoms with Gasteiger partial charge >= 0.3 is 6.03 Å². The van der Waals surface area contributed by atoms with Crippen LogP contribution in [0.2, 0.25) is 0 Å². The van der Waals surface area contributed by atoms with E-state index in [1.54, 1.807) is 24.2 Å². The zero-order chi connectivity index (χ0) is 18.4. The van der Waals surface area contributed by atoms with Gasteiger partial charge in [0.15, 0.2) is 5.13 Å². The molecule has 9 heteroatoms. The van der Waals surface area contributed by atoms with E-state index in [0.717, 1.165) is 29.5 Å². The highest BCUT2D eigenvalue weighted by Gasteiger charge is 2.19. The van der Waals surface area contributed by atoms with Gasteiger partial charge < -0.3 is 9.73 Å². The van der Waals surface area contributed by atoms with Crippen molar-refractivity contribution in [3.05, 3.63) is 24.0 Å². The zero-order valence-electron chi connectivity index (χ0n) is 15.2. The maximum Gasteiger partial charge on any atom is 0.321 e. The smallest absolute Gasteiger partial charge is 0.321 e. The van der Waals surface area contributed by atoms with Crippen LogP contribution in [0.5, 0.6) is 0 Å². The Balaban J connectivity index is 1.37. The van der Waals surface area contributed by atoms with Crippen LogP contribution in [-0.2, 0) is 12.2 Å². The maximum atomic E-state index is 12.0. The summed E-state index contributed by atoms with van der Waals surface area (Å²) in [7, 11) is 0. The van der Waals surface area contributed by atoms with Gasteiger partial charge in [-0.15, -0.1) is 11.8 Å². The van der Waals surface area contributed by atoms with Crippen LogP contribution >= 0.6 is 23.1 Å². The first-order valence-electron chi connectivity index (χ1n) is 8.95. The lowest BCUT2D eigenvalue weighted by molar-refractivity contribution is 0.243. The number of carbonyl (C=O) groups is 1. The van der Waals surface area contributed by atoms with Gasteiger partial charge in [0.2, 0.25) is 5.89 Å². The van der Waals surface area contributed by atoms with Crippen LogP contribution in [0.4, 0.5) is 9.93 Å². The molecule has 1 unspecified atom stereocenters. The van der Waals surface area contributed by atoms with Crippen molar-refractivity contribution in [1.82, 2.24) is 20.2 Å². The van der Waals surface area contributed by atoms with E-state index in [9.17, 15) is 4.79 Å². The van der Waals surface area contributed by atoms with Crippen LogP contribution in [-0.4, -0.2) is 46.6 Å². The summed E-state index contributed by atoms with van der Waals surface area (Å²) in [4.78, 5) is 22.9. The zero-order valence-corrected chi connectivity index (χ0v) is 16.8. The van der Waals surface area contributed by atoms with E-state index in [-0.39, 0.29) is 6.03 Å². The third kappa shape index (κ3) is 5.46. The number of carbonyl (C=O) groups excluding carboxylic acids is 1. The third-order valence-electron chi connectivity index (χ3n) is 4.37. The molecule has 1 aliphatic heterocycles. The third-order valence-corrected chi connectivity index (χ3v) is 6.46. The molecule has 2 amide bonds. The summed E-state index contributed by atoms with van der Waals surface area (Å²) in [6.07, 6.45) is 6.88. The lowest BCUT2D eigenvalue weighted by Crippen LogP contribution is -2.38. The molecule has 1 saturated heterocycles. The number of rotatable bonds is 8. The molecule has 142 valence electrons. The minimum atomic E-state index is -0.206. The lowest BCUT2D eigenvalue weighted by atomic mass is 10.2. The van der Waals surface area contributed by atoms with Gasteiger partial charge in [0.25, 0.3) is 0 Å². The molecule has 26 heavy (non-hydrogen) atoms. The Kier molecular flexibility index (Phi) is 6.93. The number of likely N-dealkylation sites (tertiary alicyclic amines) is 1. The van der Waals surface area contributed by atoms with E-state index < -0.39 is 0 Å². The molecule has 0 aromatic carbocycles. The standard InChI is InChI=1S/C17H25N5O2S2/c1-3-13-9-19-14(24-13)11-25-15-10-20-17(26-15)21-16(23)18-6-8-22-7-4-5-12(22)2/h9-10,12H,3-8,11H2,1-2H3,(H2,18,20,21,23). The molecule has 0 saturated carbocycles. The summed E-state index contributed by atoms with van der Waals surface area (Å²) in [6.45, 7) is 6.94. The number of urea groups is 1. The largest absolute Gasteiger partial charge is 0.445 e. The summed E-state index contributed by atoms with van der Waals surface area (Å²) < 4.78 is 6.60. The SMILES string of the molecule is CCc1cnc(CSc2cnc(NC(=O)NCCN3CCCC3C)s2)o1. The Morgan fingerprint density at radius 3 is 3.08 bits per heavy atom. The highest BCUT2D eigenvalue weighted by Crippen LogP contribution is 2.30. The highest BCUT2D eigenvalue weighted by atomic mass is 32.2. The van der Waals surface area contributed by atoms with Crippen LogP contribution in [0, 0.1) is 0 Å². The number of oxazole rings is 1. The number of thiazole rings is 1. The average Bonchev–Trinajstić information content (AvgIpc) is 3.35. The summed E-state index contributed by atoms with van der Waals surface area (Å²) >= 11 is 3.05. The van der Waals surface area contributed by atoms with E-state index in [1.165, 1.54) is 24.2 Å². The molecule has 2 N–H and O–H groups in total. The van der Waals surface area contributed by atoms with Gasteiger partial charge in [-0.2, -0.15) is 0 Å². The molecule has 2 aromatic rings. The summed E-state index contributed by atoms with van der Waals surface area (Å²) in [6, 6.07) is 0.415. The van der Waals surface area contributed by atoms with Crippen molar-refractivity contribution in [3.63, 3.8) is 0 Å². The Morgan fingerprint density at radius 2 is 2.35 bits per heavy atom. The van der Waals surface area contributed by atoms with E-state index in [0.29, 0.717) is 29.4 Å². The first-order valence-corrected chi connectivity index (χ1v) is 10.8. The molecule has 2 aromatic heterocycles. The number of aryl methyl sites for hydroxylation is 1. The number of anilines is 1. The minimum absolute atomic E-state index is 0.206. The number of aromatic nitrogens is 2. The van der Waals surface area contributed by atoms with Gasteiger partial charge in [-0.1, -0.05) is 18.3 Å².